The minimum absolute atomic E-state index is 0.0143. The zero-order valence-corrected chi connectivity index (χ0v) is 14.9. The van der Waals surface area contributed by atoms with Crippen LogP contribution in [0.4, 0.5) is 5.69 Å². The van der Waals surface area contributed by atoms with Crippen LogP contribution in [0.15, 0.2) is 61.3 Å². The quantitative estimate of drug-likeness (QED) is 0.714. The molecule has 3 aromatic rings. The van der Waals surface area contributed by atoms with Gasteiger partial charge in [0.15, 0.2) is 0 Å². The Morgan fingerprint density at radius 3 is 2.58 bits per heavy atom. The number of aromatic nitrogens is 3. The molecule has 132 valence electrons. The highest BCUT2D eigenvalue weighted by Gasteiger charge is 2.22. The molecule has 7 heteroatoms. The average molecular weight is 368 g/mol. The number of pyridine rings is 1. The lowest BCUT2D eigenvalue weighted by molar-refractivity contribution is 0.0746. The molecule has 1 fully saturated rings. The van der Waals surface area contributed by atoms with E-state index in [9.17, 15) is 4.79 Å². The third kappa shape index (κ3) is 3.41. The predicted octanol–water partition coefficient (Wildman–Crippen LogP) is 2.88. The Hall–Kier alpha value is -2.86. The summed E-state index contributed by atoms with van der Waals surface area (Å²) in [6.45, 7) is 2.92. The van der Waals surface area contributed by atoms with Crippen molar-refractivity contribution in [1.82, 2.24) is 19.4 Å². The van der Waals surface area contributed by atoms with Gasteiger partial charge in [-0.3, -0.25) is 9.36 Å². The van der Waals surface area contributed by atoms with Crippen molar-refractivity contribution in [3.63, 3.8) is 0 Å². The molecule has 4 rings (SSSR count). The maximum absolute atomic E-state index is 12.7. The molecule has 1 aliphatic heterocycles. The number of carbonyl (C=O) groups excluding carboxylic acids is 1. The summed E-state index contributed by atoms with van der Waals surface area (Å²) in [5.74, 6) is 0.755. The van der Waals surface area contributed by atoms with E-state index in [2.05, 4.69) is 14.9 Å². The Balaban J connectivity index is 1.40. The van der Waals surface area contributed by atoms with Gasteiger partial charge in [0.05, 0.1) is 5.56 Å². The van der Waals surface area contributed by atoms with E-state index in [1.807, 2.05) is 47.5 Å². The molecule has 0 saturated carbocycles. The Morgan fingerprint density at radius 1 is 1.08 bits per heavy atom. The van der Waals surface area contributed by atoms with Crippen molar-refractivity contribution in [2.75, 3.05) is 31.1 Å². The van der Waals surface area contributed by atoms with E-state index in [-0.39, 0.29) is 5.91 Å². The van der Waals surface area contributed by atoms with Gasteiger partial charge in [-0.15, -0.1) is 0 Å². The van der Waals surface area contributed by atoms with E-state index in [1.165, 1.54) is 0 Å². The van der Waals surface area contributed by atoms with Crippen LogP contribution in [0.1, 0.15) is 10.4 Å². The summed E-state index contributed by atoms with van der Waals surface area (Å²) in [6, 6.07) is 11.5. The fraction of sp³-hybridized carbons (Fsp3) is 0.211. The van der Waals surface area contributed by atoms with Crippen molar-refractivity contribution in [2.45, 2.75) is 0 Å². The number of nitrogens with zero attached hydrogens (tertiary/aromatic N) is 5. The van der Waals surface area contributed by atoms with Crippen LogP contribution in [0.25, 0.3) is 5.82 Å². The lowest BCUT2D eigenvalue weighted by Crippen LogP contribution is -2.48. The summed E-state index contributed by atoms with van der Waals surface area (Å²) in [5.41, 5.74) is 1.70. The molecule has 1 aromatic carbocycles. The number of imidazole rings is 1. The van der Waals surface area contributed by atoms with Crippen molar-refractivity contribution in [2.24, 2.45) is 0 Å². The van der Waals surface area contributed by atoms with Gasteiger partial charge in [-0.05, 0) is 30.3 Å². The van der Waals surface area contributed by atoms with Gasteiger partial charge < -0.3 is 9.80 Å². The van der Waals surface area contributed by atoms with Crippen LogP contribution in [0.2, 0.25) is 5.02 Å². The number of halogens is 1. The molecule has 3 heterocycles. The summed E-state index contributed by atoms with van der Waals surface area (Å²) in [7, 11) is 0. The van der Waals surface area contributed by atoms with Gasteiger partial charge in [-0.1, -0.05) is 17.7 Å². The Kier molecular flexibility index (Phi) is 4.58. The zero-order valence-electron chi connectivity index (χ0n) is 14.1. The average Bonchev–Trinajstić information content (AvgIpc) is 3.23. The Morgan fingerprint density at radius 2 is 1.92 bits per heavy atom. The molecular formula is C19H18ClN5O. The van der Waals surface area contributed by atoms with Gasteiger partial charge in [0, 0.05) is 55.5 Å². The molecule has 6 nitrogen and oxygen atoms in total. The van der Waals surface area contributed by atoms with Gasteiger partial charge in [-0.25, -0.2) is 9.97 Å². The summed E-state index contributed by atoms with van der Waals surface area (Å²) >= 11 is 6.07. The number of anilines is 1. The molecular weight excluding hydrogens is 350 g/mol. The second-order valence-corrected chi connectivity index (χ2v) is 6.57. The second kappa shape index (κ2) is 7.17. The first-order valence-electron chi connectivity index (χ1n) is 8.45. The SMILES string of the molecule is O=C(c1ccc(-n2ccnc2)nc1)N1CCN(c2cccc(Cl)c2)CC1. The maximum Gasteiger partial charge on any atom is 0.255 e. The van der Waals surface area contributed by atoms with Crippen LogP contribution < -0.4 is 4.90 Å². The van der Waals surface area contributed by atoms with E-state index in [4.69, 9.17) is 11.6 Å². The van der Waals surface area contributed by atoms with Crippen LogP contribution >= 0.6 is 11.6 Å². The highest BCUT2D eigenvalue weighted by Crippen LogP contribution is 2.21. The fourth-order valence-electron chi connectivity index (χ4n) is 3.08. The first-order chi connectivity index (χ1) is 12.7. The number of hydrogen-bond acceptors (Lipinski definition) is 4. The zero-order chi connectivity index (χ0) is 17.9. The molecule has 2 aromatic heterocycles. The minimum atomic E-state index is 0.0143. The molecule has 1 saturated heterocycles. The van der Waals surface area contributed by atoms with E-state index >= 15 is 0 Å². The fourth-order valence-corrected chi connectivity index (χ4v) is 3.27. The second-order valence-electron chi connectivity index (χ2n) is 6.13. The predicted molar refractivity (Wildman–Crippen MR) is 101 cm³/mol. The lowest BCUT2D eigenvalue weighted by Gasteiger charge is -2.36. The third-order valence-corrected chi connectivity index (χ3v) is 4.74. The summed E-state index contributed by atoms with van der Waals surface area (Å²) in [6.07, 6.45) is 6.82. The van der Waals surface area contributed by atoms with Crippen LogP contribution in [-0.4, -0.2) is 51.5 Å². The van der Waals surface area contributed by atoms with Crippen molar-refractivity contribution < 1.29 is 4.79 Å². The number of amides is 1. The standard InChI is InChI=1S/C19H18ClN5O/c20-16-2-1-3-17(12-16)23-8-10-24(11-9-23)19(26)15-4-5-18(22-13-15)25-7-6-21-14-25/h1-7,12-14H,8-11H2. The normalized spacial score (nSPS) is 14.5. The highest BCUT2D eigenvalue weighted by atomic mass is 35.5. The molecule has 26 heavy (non-hydrogen) atoms. The van der Waals surface area contributed by atoms with Crippen molar-refractivity contribution in [3.8, 4) is 5.82 Å². The molecule has 1 aliphatic rings. The van der Waals surface area contributed by atoms with Crippen molar-refractivity contribution >= 4 is 23.2 Å². The van der Waals surface area contributed by atoms with Crippen LogP contribution in [0.5, 0.6) is 0 Å². The van der Waals surface area contributed by atoms with Gasteiger partial charge in [0.2, 0.25) is 0 Å². The molecule has 0 N–H and O–H groups in total. The molecule has 0 bridgehead atoms. The van der Waals surface area contributed by atoms with E-state index in [0.29, 0.717) is 18.7 Å². The molecule has 0 atom stereocenters. The molecule has 0 aliphatic carbocycles. The van der Waals surface area contributed by atoms with Gasteiger partial charge >= 0.3 is 0 Å². The van der Waals surface area contributed by atoms with Gasteiger partial charge in [0.1, 0.15) is 12.1 Å². The Labute approximate surface area is 156 Å². The highest BCUT2D eigenvalue weighted by molar-refractivity contribution is 6.30. The number of rotatable bonds is 3. The lowest BCUT2D eigenvalue weighted by atomic mass is 10.2. The summed E-state index contributed by atoms with van der Waals surface area (Å²) in [4.78, 5) is 25.2. The van der Waals surface area contributed by atoms with Crippen LogP contribution in [0, 0.1) is 0 Å². The largest absolute Gasteiger partial charge is 0.368 e. The first-order valence-corrected chi connectivity index (χ1v) is 8.83. The Bertz CT molecular complexity index is 887. The third-order valence-electron chi connectivity index (χ3n) is 4.50. The minimum Gasteiger partial charge on any atom is -0.368 e. The number of piperazine rings is 1. The van der Waals surface area contributed by atoms with Crippen molar-refractivity contribution in [3.05, 3.63) is 71.9 Å². The summed E-state index contributed by atoms with van der Waals surface area (Å²) < 4.78 is 1.80. The van der Waals surface area contributed by atoms with E-state index < -0.39 is 0 Å². The molecule has 0 spiro atoms. The van der Waals surface area contributed by atoms with Crippen molar-refractivity contribution in [1.29, 1.82) is 0 Å². The number of benzene rings is 1. The van der Waals surface area contributed by atoms with E-state index in [1.54, 1.807) is 23.3 Å². The van der Waals surface area contributed by atoms with Gasteiger partial charge in [0.25, 0.3) is 5.91 Å². The van der Waals surface area contributed by atoms with Crippen LogP contribution in [0.3, 0.4) is 0 Å². The molecule has 0 unspecified atom stereocenters. The smallest absolute Gasteiger partial charge is 0.255 e. The number of carbonyl (C=O) groups is 1. The number of hydrogen-bond donors (Lipinski definition) is 0. The van der Waals surface area contributed by atoms with E-state index in [0.717, 1.165) is 29.6 Å². The topological polar surface area (TPSA) is 54.3 Å². The summed E-state index contributed by atoms with van der Waals surface area (Å²) in [5, 5.41) is 0.727. The van der Waals surface area contributed by atoms with Crippen LogP contribution in [-0.2, 0) is 0 Å². The van der Waals surface area contributed by atoms with Gasteiger partial charge in [-0.2, -0.15) is 0 Å². The molecule has 0 radical (unpaired) electrons. The first kappa shape index (κ1) is 16.6. The molecule has 1 amide bonds. The maximum atomic E-state index is 12.7. The monoisotopic (exact) mass is 367 g/mol.